The number of aryl methyl sites for hydroxylation is 1. The first-order valence-electron chi connectivity index (χ1n) is 7.51. The van der Waals surface area contributed by atoms with E-state index in [0.29, 0.717) is 5.41 Å². The van der Waals surface area contributed by atoms with E-state index in [-0.39, 0.29) is 0 Å². The first-order valence-corrected chi connectivity index (χ1v) is 7.51. The van der Waals surface area contributed by atoms with Crippen molar-refractivity contribution in [2.75, 3.05) is 24.2 Å². The van der Waals surface area contributed by atoms with Crippen molar-refractivity contribution < 1.29 is 0 Å². The molecule has 1 heterocycles. The second-order valence-electron chi connectivity index (χ2n) is 5.66. The highest BCUT2D eigenvalue weighted by atomic mass is 15.1. The second-order valence-corrected chi connectivity index (χ2v) is 5.66. The molecule has 2 N–H and O–H groups in total. The summed E-state index contributed by atoms with van der Waals surface area (Å²) in [6.45, 7) is 5.47. The lowest BCUT2D eigenvalue weighted by Gasteiger charge is -2.16. The Hall–Kier alpha value is -1.32. The van der Waals surface area contributed by atoms with Gasteiger partial charge in [-0.1, -0.05) is 20.3 Å². The summed E-state index contributed by atoms with van der Waals surface area (Å²) in [4.78, 5) is 9.08. The zero-order valence-electron chi connectivity index (χ0n) is 12.4. The molecule has 0 aromatic carbocycles. The maximum atomic E-state index is 4.60. The van der Waals surface area contributed by atoms with Crippen LogP contribution in [0.4, 0.5) is 11.6 Å². The molecule has 0 amide bonds. The van der Waals surface area contributed by atoms with Gasteiger partial charge in [0, 0.05) is 26.1 Å². The summed E-state index contributed by atoms with van der Waals surface area (Å²) in [7, 11) is 1.90. The molecular formula is C15H26N4. The molecule has 0 bridgehead atoms. The Kier molecular flexibility index (Phi) is 4.61. The molecule has 2 rings (SSSR count). The van der Waals surface area contributed by atoms with Crippen LogP contribution in [0.3, 0.4) is 0 Å². The molecule has 1 fully saturated rings. The fraction of sp³-hybridized carbons (Fsp3) is 0.733. The summed E-state index contributed by atoms with van der Waals surface area (Å²) < 4.78 is 0. The monoisotopic (exact) mass is 262 g/mol. The van der Waals surface area contributed by atoms with Crippen LogP contribution in [0.1, 0.15) is 51.8 Å². The second kappa shape index (κ2) is 6.22. The van der Waals surface area contributed by atoms with Gasteiger partial charge >= 0.3 is 0 Å². The van der Waals surface area contributed by atoms with Gasteiger partial charge in [0.25, 0.3) is 0 Å². The largest absolute Gasteiger partial charge is 0.373 e. The summed E-state index contributed by atoms with van der Waals surface area (Å²) in [5.41, 5.74) is 0.546. The minimum absolute atomic E-state index is 0.546. The van der Waals surface area contributed by atoms with E-state index >= 15 is 0 Å². The molecule has 0 spiro atoms. The maximum Gasteiger partial charge on any atom is 0.133 e. The molecule has 1 aromatic heterocycles. The summed E-state index contributed by atoms with van der Waals surface area (Å²) >= 11 is 0. The van der Waals surface area contributed by atoms with Crippen LogP contribution >= 0.6 is 0 Å². The molecule has 4 heteroatoms. The molecule has 0 radical (unpaired) electrons. The highest BCUT2D eigenvalue weighted by Crippen LogP contribution is 2.49. The van der Waals surface area contributed by atoms with Gasteiger partial charge in [-0.2, -0.15) is 0 Å². The van der Waals surface area contributed by atoms with Gasteiger partial charge < -0.3 is 10.6 Å². The number of anilines is 2. The number of hydrogen-bond donors (Lipinski definition) is 2. The predicted octanol–water partition coefficient (Wildman–Crippen LogP) is 3.46. The van der Waals surface area contributed by atoms with Crippen molar-refractivity contribution >= 4 is 11.6 Å². The zero-order valence-corrected chi connectivity index (χ0v) is 12.4. The van der Waals surface area contributed by atoms with Crippen LogP contribution in [0.2, 0.25) is 0 Å². The Morgan fingerprint density at radius 2 is 1.89 bits per heavy atom. The molecule has 106 valence electrons. The summed E-state index contributed by atoms with van der Waals surface area (Å²) in [5, 5.41) is 6.63. The van der Waals surface area contributed by atoms with Crippen LogP contribution < -0.4 is 10.6 Å². The molecule has 1 aliphatic rings. The molecule has 19 heavy (non-hydrogen) atoms. The van der Waals surface area contributed by atoms with E-state index in [1.54, 1.807) is 0 Å². The number of hydrogen-bond acceptors (Lipinski definition) is 4. The summed E-state index contributed by atoms with van der Waals surface area (Å²) in [6.07, 6.45) is 7.33. The van der Waals surface area contributed by atoms with Gasteiger partial charge in [0.1, 0.15) is 17.5 Å². The molecule has 1 aliphatic carbocycles. The van der Waals surface area contributed by atoms with Crippen molar-refractivity contribution in [1.29, 1.82) is 0 Å². The van der Waals surface area contributed by atoms with Crippen molar-refractivity contribution in [1.82, 2.24) is 9.97 Å². The third kappa shape index (κ3) is 3.82. The highest BCUT2D eigenvalue weighted by molar-refractivity contribution is 5.47. The molecular weight excluding hydrogens is 236 g/mol. The van der Waals surface area contributed by atoms with E-state index in [4.69, 9.17) is 0 Å². The fourth-order valence-corrected chi connectivity index (χ4v) is 2.55. The first kappa shape index (κ1) is 14.1. The third-order valence-electron chi connectivity index (χ3n) is 3.88. The highest BCUT2D eigenvalue weighted by Gasteiger charge is 2.41. The van der Waals surface area contributed by atoms with Crippen LogP contribution in [-0.4, -0.2) is 23.6 Å². The normalized spacial score (nSPS) is 16.2. The van der Waals surface area contributed by atoms with Crippen molar-refractivity contribution in [3.05, 3.63) is 11.9 Å². The number of rotatable bonds is 8. The van der Waals surface area contributed by atoms with E-state index in [1.165, 1.54) is 25.7 Å². The fourth-order valence-electron chi connectivity index (χ4n) is 2.55. The topological polar surface area (TPSA) is 49.8 Å². The van der Waals surface area contributed by atoms with E-state index in [0.717, 1.165) is 36.8 Å². The predicted molar refractivity (Wildman–Crippen MR) is 80.6 cm³/mol. The standard InChI is InChI=1S/C15H26N4/c1-4-6-12-18-13(16-3)10-14(19-12)17-11-15(7-5-2)8-9-15/h10H,4-9,11H2,1-3H3,(H2,16,17,18,19). The lowest BCUT2D eigenvalue weighted by atomic mass is 10.0. The van der Waals surface area contributed by atoms with Crippen molar-refractivity contribution in [3.8, 4) is 0 Å². The van der Waals surface area contributed by atoms with E-state index in [9.17, 15) is 0 Å². The number of aromatic nitrogens is 2. The number of nitrogens with one attached hydrogen (secondary N) is 2. The van der Waals surface area contributed by atoms with Gasteiger partial charge in [0.05, 0.1) is 0 Å². The van der Waals surface area contributed by atoms with Gasteiger partial charge in [0.15, 0.2) is 0 Å². The van der Waals surface area contributed by atoms with Crippen LogP contribution in [-0.2, 0) is 6.42 Å². The summed E-state index contributed by atoms with van der Waals surface area (Å²) in [5.74, 6) is 2.80. The van der Waals surface area contributed by atoms with Crippen LogP contribution in [0, 0.1) is 5.41 Å². The smallest absolute Gasteiger partial charge is 0.133 e. The first-order chi connectivity index (χ1) is 9.21. The van der Waals surface area contributed by atoms with Crippen molar-refractivity contribution in [2.24, 2.45) is 5.41 Å². The van der Waals surface area contributed by atoms with Gasteiger partial charge in [0.2, 0.25) is 0 Å². The zero-order chi connectivity index (χ0) is 13.7. The van der Waals surface area contributed by atoms with Gasteiger partial charge in [-0.3, -0.25) is 0 Å². The van der Waals surface area contributed by atoms with Crippen molar-refractivity contribution in [2.45, 2.75) is 52.4 Å². The van der Waals surface area contributed by atoms with Crippen LogP contribution in [0.5, 0.6) is 0 Å². The molecule has 1 saturated carbocycles. The minimum atomic E-state index is 0.546. The van der Waals surface area contributed by atoms with Gasteiger partial charge in [-0.25, -0.2) is 9.97 Å². The quantitative estimate of drug-likeness (QED) is 0.753. The Labute approximate surface area is 116 Å². The lowest BCUT2D eigenvalue weighted by Crippen LogP contribution is -2.16. The van der Waals surface area contributed by atoms with Crippen molar-refractivity contribution in [3.63, 3.8) is 0 Å². The Balaban J connectivity index is 2.00. The van der Waals surface area contributed by atoms with E-state index in [2.05, 4.69) is 34.4 Å². The molecule has 0 unspecified atom stereocenters. The molecule has 0 aliphatic heterocycles. The number of nitrogens with zero attached hydrogens (tertiary/aromatic N) is 2. The molecule has 4 nitrogen and oxygen atoms in total. The van der Waals surface area contributed by atoms with Gasteiger partial charge in [-0.05, 0) is 31.1 Å². The van der Waals surface area contributed by atoms with E-state index < -0.39 is 0 Å². The average Bonchev–Trinajstić information content (AvgIpc) is 3.17. The summed E-state index contributed by atoms with van der Waals surface area (Å²) in [6, 6.07) is 2.00. The lowest BCUT2D eigenvalue weighted by molar-refractivity contribution is 0.485. The van der Waals surface area contributed by atoms with E-state index in [1.807, 2.05) is 13.1 Å². The third-order valence-corrected chi connectivity index (χ3v) is 3.88. The Morgan fingerprint density at radius 3 is 2.47 bits per heavy atom. The SMILES string of the molecule is CCCc1nc(NC)cc(NCC2(CCC)CC2)n1. The minimum Gasteiger partial charge on any atom is -0.373 e. The molecule has 1 aromatic rings. The average molecular weight is 262 g/mol. The molecule has 0 saturated heterocycles. The van der Waals surface area contributed by atoms with Crippen LogP contribution in [0.15, 0.2) is 6.07 Å². The Bertz CT molecular complexity index is 413. The molecule has 0 atom stereocenters. The maximum absolute atomic E-state index is 4.60. The Morgan fingerprint density at radius 1 is 1.16 bits per heavy atom. The van der Waals surface area contributed by atoms with Crippen LogP contribution in [0.25, 0.3) is 0 Å². The van der Waals surface area contributed by atoms with Gasteiger partial charge in [-0.15, -0.1) is 0 Å².